The predicted octanol–water partition coefficient (Wildman–Crippen LogP) is -0.221. The smallest absolute Gasteiger partial charge is 0.261 e. The minimum absolute atomic E-state index is 0.303. The summed E-state index contributed by atoms with van der Waals surface area (Å²) in [4.78, 5) is 7.82. The molecule has 1 rings (SSSR count). The zero-order chi connectivity index (χ0) is 8.97. The van der Waals surface area contributed by atoms with E-state index in [0.29, 0.717) is 17.6 Å². The first-order chi connectivity index (χ1) is 5.81. The Labute approximate surface area is 69.7 Å². The second-order valence-corrected chi connectivity index (χ2v) is 1.91. The number of nitrogens with two attached hydrogens (primary N) is 1. The van der Waals surface area contributed by atoms with Gasteiger partial charge in [0.2, 0.25) is 11.7 Å². The van der Waals surface area contributed by atoms with E-state index in [2.05, 4.69) is 15.4 Å². The first kappa shape index (κ1) is 8.54. The third kappa shape index (κ3) is 1.54. The van der Waals surface area contributed by atoms with E-state index in [9.17, 15) is 0 Å². The largest absolute Gasteiger partial charge is 0.480 e. The van der Waals surface area contributed by atoms with E-state index in [4.69, 9.17) is 15.3 Å². The minimum atomic E-state index is 0.303. The normalized spacial score (nSPS) is 9.25. The highest BCUT2D eigenvalue weighted by Gasteiger charge is 2.05. The van der Waals surface area contributed by atoms with Gasteiger partial charge in [-0.25, -0.2) is 10.8 Å². The molecule has 0 aliphatic carbocycles. The molecule has 0 spiro atoms. The van der Waals surface area contributed by atoms with Crippen LogP contribution >= 0.6 is 0 Å². The molecule has 0 saturated heterocycles. The average Bonchev–Trinajstić information content (AvgIpc) is 2.16. The standard InChI is InChI=1S/C6H10N4O2/c1-11-4-3-8-5(10-7)6(9-4)12-2/h3H,7H2,1-2H3,(H,8,10). The molecule has 0 aromatic carbocycles. The molecule has 0 radical (unpaired) electrons. The molecule has 3 N–H and O–H groups in total. The van der Waals surface area contributed by atoms with Gasteiger partial charge in [-0.05, 0) is 0 Å². The summed E-state index contributed by atoms with van der Waals surface area (Å²) in [5.74, 6) is 6.20. The van der Waals surface area contributed by atoms with Crippen LogP contribution in [0.2, 0.25) is 0 Å². The van der Waals surface area contributed by atoms with Gasteiger partial charge in [-0.2, -0.15) is 4.98 Å². The number of nitrogen functional groups attached to an aromatic ring is 1. The maximum Gasteiger partial charge on any atom is 0.261 e. The fourth-order valence-electron chi connectivity index (χ4n) is 0.697. The summed E-state index contributed by atoms with van der Waals surface area (Å²) in [7, 11) is 2.98. The van der Waals surface area contributed by atoms with Crippen molar-refractivity contribution in [3.05, 3.63) is 6.20 Å². The van der Waals surface area contributed by atoms with Crippen LogP contribution in [0.1, 0.15) is 0 Å². The van der Waals surface area contributed by atoms with Crippen molar-refractivity contribution in [2.45, 2.75) is 0 Å². The van der Waals surface area contributed by atoms with E-state index in [1.165, 1.54) is 20.4 Å². The summed E-state index contributed by atoms with van der Waals surface area (Å²) < 4.78 is 9.72. The molecule has 0 fully saturated rings. The van der Waals surface area contributed by atoms with Crippen LogP contribution < -0.4 is 20.7 Å². The quantitative estimate of drug-likeness (QED) is 0.482. The van der Waals surface area contributed by atoms with Crippen LogP contribution in [-0.4, -0.2) is 24.2 Å². The average molecular weight is 170 g/mol. The topological polar surface area (TPSA) is 82.3 Å². The van der Waals surface area contributed by atoms with Crippen molar-refractivity contribution < 1.29 is 9.47 Å². The highest BCUT2D eigenvalue weighted by molar-refractivity contribution is 5.44. The highest BCUT2D eigenvalue weighted by atomic mass is 16.5. The van der Waals surface area contributed by atoms with Crippen molar-refractivity contribution in [2.24, 2.45) is 5.84 Å². The Balaban J connectivity index is 3.02. The summed E-state index contributed by atoms with van der Waals surface area (Å²) in [6.07, 6.45) is 1.44. The van der Waals surface area contributed by atoms with E-state index in [0.717, 1.165) is 0 Å². The number of hydrogen-bond acceptors (Lipinski definition) is 6. The zero-order valence-corrected chi connectivity index (χ0v) is 6.87. The molecule has 0 amide bonds. The lowest BCUT2D eigenvalue weighted by Crippen LogP contribution is -2.10. The number of aromatic nitrogens is 2. The Kier molecular flexibility index (Phi) is 2.65. The van der Waals surface area contributed by atoms with Crippen molar-refractivity contribution in [3.8, 4) is 11.8 Å². The fraction of sp³-hybridized carbons (Fsp3) is 0.333. The first-order valence-corrected chi connectivity index (χ1v) is 3.23. The van der Waals surface area contributed by atoms with Crippen molar-refractivity contribution in [1.82, 2.24) is 9.97 Å². The van der Waals surface area contributed by atoms with Crippen molar-refractivity contribution in [2.75, 3.05) is 19.6 Å². The van der Waals surface area contributed by atoms with Gasteiger partial charge in [0.1, 0.15) is 0 Å². The van der Waals surface area contributed by atoms with E-state index in [-0.39, 0.29) is 0 Å². The monoisotopic (exact) mass is 170 g/mol. The SMILES string of the molecule is COc1cnc(NN)c(OC)n1. The molecule has 66 valence electrons. The molecule has 0 saturated carbocycles. The first-order valence-electron chi connectivity index (χ1n) is 3.23. The molecule has 0 aliphatic rings. The van der Waals surface area contributed by atoms with Crippen molar-refractivity contribution in [3.63, 3.8) is 0 Å². The molecule has 0 aliphatic heterocycles. The second kappa shape index (κ2) is 3.72. The van der Waals surface area contributed by atoms with E-state index in [1.807, 2.05) is 0 Å². The Morgan fingerprint density at radius 2 is 2.17 bits per heavy atom. The number of anilines is 1. The maximum absolute atomic E-state index is 5.14. The molecule has 6 heteroatoms. The van der Waals surface area contributed by atoms with E-state index < -0.39 is 0 Å². The van der Waals surface area contributed by atoms with Crippen molar-refractivity contribution in [1.29, 1.82) is 0 Å². The summed E-state index contributed by atoms with van der Waals surface area (Å²) in [5.41, 5.74) is 2.34. The van der Waals surface area contributed by atoms with Crippen LogP contribution in [0.15, 0.2) is 6.20 Å². The third-order valence-corrected chi connectivity index (χ3v) is 1.26. The number of nitrogens with zero attached hydrogens (tertiary/aromatic N) is 2. The Morgan fingerprint density at radius 3 is 2.67 bits per heavy atom. The molecule has 0 unspecified atom stereocenters. The number of nitrogens with one attached hydrogen (secondary N) is 1. The van der Waals surface area contributed by atoms with Crippen LogP contribution in [0.5, 0.6) is 11.8 Å². The van der Waals surface area contributed by atoms with Crippen LogP contribution in [0.3, 0.4) is 0 Å². The van der Waals surface area contributed by atoms with Crippen LogP contribution in [-0.2, 0) is 0 Å². The van der Waals surface area contributed by atoms with Gasteiger partial charge < -0.3 is 14.9 Å². The molecule has 12 heavy (non-hydrogen) atoms. The molecule has 6 nitrogen and oxygen atoms in total. The Morgan fingerprint density at radius 1 is 1.42 bits per heavy atom. The van der Waals surface area contributed by atoms with Crippen molar-refractivity contribution >= 4 is 5.82 Å². The van der Waals surface area contributed by atoms with Gasteiger partial charge in [0.15, 0.2) is 0 Å². The van der Waals surface area contributed by atoms with Crippen LogP contribution in [0.25, 0.3) is 0 Å². The zero-order valence-electron chi connectivity index (χ0n) is 6.87. The number of hydrazine groups is 1. The third-order valence-electron chi connectivity index (χ3n) is 1.26. The number of ether oxygens (including phenoxy) is 2. The molecule has 0 bridgehead atoms. The summed E-state index contributed by atoms with van der Waals surface area (Å²) in [6, 6.07) is 0. The van der Waals surface area contributed by atoms with Crippen LogP contribution in [0, 0.1) is 0 Å². The summed E-state index contributed by atoms with van der Waals surface area (Å²) in [5, 5.41) is 0. The molecule has 1 heterocycles. The highest BCUT2D eigenvalue weighted by Crippen LogP contribution is 2.19. The summed E-state index contributed by atoms with van der Waals surface area (Å²) in [6.45, 7) is 0. The van der Waals surface area contributed by atoms with Gasteiger partial charge in [-0.15, -0.1) is 0 Å². The van der Waals surface area contributed by atoms with E-state index in [1.54, 1.807) is 0 Å². The fourth-order valence-corrected chi connectivity index (χ4v) is 0.697. The lowest BCUT2D eigenvalue weighted by molar-refractivity contribution is 0.362. The summed E-state index contributed by atoms with van der Waals surface area (Å²) >= 11 is 0. The van der Waals surface area contributed by atoms with Gasteiger partial charge in [0.25, 0.3) is 5.88 Å². The molecular weight excluding hydrogens is 160 g/mol. The lowest BCUT2D eigenvalue weighted by Gasteiger charge is -2.05. The van der Waals surface area contributed by atoms with Crippen LogP contribution in [0.4, 0.5) is 5.82 Å². The minimum Gasteiger partial charge on any atom is -0.480 e. The van der Waals surface area contributed by atoms with E-state index >= 15 is 0 Å². The molecular formula is C6H10N4O2. The second-order valence-electron chi connectivity index (χ2n) is 1.91. The Hall–Kier alpha value is -1.56. The molecule has 0 atom stereocenters. The predicted molar refractivity (Wildman–Crippen MR) is 42.9 cm³/mol. The number of rotatable bonds is 3. The van der Waals surface area contributed by atoms with Gasteiger partial charge in [-0.3, -0.25) is 0 Å². The van der Waals surface area contributed by atoms with Gasteiger partial charge in [0, 0.05) is 0 Å². The van der Waals surface area contributed by atoms with Gasteiger partial charge >= 0.3 is 0 Å². The molecule has 1 aromatic rings. The lowest BCUT2D eigenvalue weighted by atomic mass is 10.6. The molecule has 1 aromatic heterocycles. The maximum atomic E-state index is 5.14. The number of methoxy groups -OCH3 is 2. The number of hydrogen-bond donors (Lipinski definition) is 2. The van der Waals surface area contributed by atoms with Gasteiger partial charge in [-0.1, -0.05) is 0 Å². The Bertz CT molecular complexity index is 266. The van der Waals surface area contributed by atoms with Gasteiger partial charge in [0.05, 0.1) is 20.4 Å².